The average Bonchev–Trinajstić information content (AvgIpc) is 3.07. The smallest absolute Gasteiger partial charge is 0.258 e. The Morgan fingerprint density at radius 3 is 2.85 bits per heavy atom. The molecule has 7 nitrogen and oxygen atoms in total. The second-order valence-corrected chi connectivity index (χ2v) is 7.02. The summed E-state index contributed by atoms with van der Waals surface area (Å²) in [7, 11) is 0. The number of aliphatic hydroxyl groups is 2. The van der Waals surface area contributed by atoms with Crippen LogP contribution in [0.15, 0.2) is 53.5 Å². The molecule has 8 heteroatoms. The number of halogens is 1. The van der Waals surface area contributed by atoms with E-state index in [2.05, 4.69) is 37.3 Å². The molecule has 0 saturated heterocycles. The lowest BCUT2D eigenvalue weighted by Crippen LogP contribution is -2.14. The molecule has 1 aromatic carbocycles. The van der Waals surface area contributed by atoms with Crippen LogP contribution in [-0.4, -0.2) is 37.3 Å². The first-order chi connectivity index (χ1) is 13.0. The van der Waals surface area contributed by atoms with E-state index in [1.807, 2.05) is 29.7 Å². The standard InChI is InChI=1S/C19H19BrN4O3/c1-12-3-2-4-13(5-12)8-24-9-17(22-11-24)23-19(27)14-6-15(20)18(21-7-14)16(26)10-25/h2-7,9,11,16,25-26H,8,10H2,1H3,(H,23,27). The summed E-state index contributed by atoms with van der Waals surface area (Å²) in [5.41, 5.74) is 2.92. The summed E-state index contributed by atoms with van der Waals surface area (Å²) >= 11 is 3.26. The molecular weight excluding hydrogens is 412 g/mol. The van der Waals surface area contributed by atoms with Gasteiger partial charge >= 0.3 is 0 Å². The number of nitrogens with zero attached hydrogens (tertiary/aromatic N) is 3. The molecule has 3 aromatic rings. The Balaban J connectivity index is 1.68. The summed E-state index contributed by atoms with van der Waals surface area (Å²) in [4.78, 5) is 20.6. The number of aromatic nitrogens is 3. The molecule has 0 spiro atoms. The number of pyridine rings is 1. The zero-order valence-electron chi connectivity index (χ0n) is 14.6. The monoisotopic (exact) mass is 430 g/mol. The Hall–Kier alpha value is -2.55. The van der Waals surface area contributed by atoms with Crippen molar-refractivity contribution in [3.63, 3.8) is 0 Å². The topological polar surface area (TPSA) is 100 Å². The second-order valence-electron chi connectivity index (χ2n) is 6.16. The predicted molar refractivity (Wildman–Crippen MR) is 104 cm³/mol. The van der Waals surface area contributed by atoms with Crippen LogP contribution < -0.4 is 5.32 Å². The lowest BCUT2D eigenvalue weighted by Gasteiger charge is -2.10. The molecule has 0 aliphatic rings. The number of hydrogen-bond acceptors (Lipinski definition) is 5. The average molecular weight is 431 g/mol. The van der Waals surface area contributed by atoms with E-state index < -0.39 is 12.7 Å². The molecule has 1 unspecified atom stereocenters. The number of carbonyl (C=O) groups is 1. The summed E-state index contributed by atoms with van der Waals surface area (Å²) in [6.07, 6.45) is 3.66. The normalized spacial score (nSPS) is 12.0. The van der Waals surface area contributed by atoms with Crippen molar-refractivity contribution in [2.45, 2.75) is 19.6 Å². The van der Waals surface area contributed by atoms with Gasteiger partial charge in [-0.1, -0.05) is 29.8 Å². The van der Waals surface area contributed by atoms with Crippen LogP contribution in [0.25, 0.3) is 0 Å². The number of imidazole rings is 1. The minimum atomic E-state index is -1.10. The highest BCUT2D eigenvalue weighted by Crippen LogP contribution is 2.22. The molecule has 2 aromatic heterocycles. The van der Waals surface area contributed by atoms with Gasteiger partial charge in [-0.25, -0.2) is 4.98 Å². The molecule has 1 amide bonds. The highest BCUT2D eigenvalue weighted by molar-refractivity contribution is 9.10. The number of rotatable bonds is 6. The maximum atomic E-state index is 12.4. The van der Waals surface area contributed by atoms with Gasteiger partial charge in [0, 0.05) is 23.4 Å². The molecule has 0 aliphatic carbocycles. The Labute approximate surface area is 164 Å². The molecular formula is C19H19BrN4O3. The van der Waals surface area contributed by atoms with Crippen LogP contribution in [0.2, 0.25) is 0 Å². The van der Waals surface area contributed by atoms with Gasteiger partial charge in [-0.2, -0.15) is 0 Å². The summed E-state index contributed by atoms with van der Waals surface area (Å²) in [6.45, 7) is 2.25. The van der Waals surface area contributed by atoms with Crippen molar-refractivity contribution in [1.82, 2.24) is 14.5 Å². The molecule has 27 heavy (non-hydrogen) atoms. The number of amides is 1. The van der Waals surface area contributed by atoms with Crippen molar-refractivity contribution < 1.29 is 15.0 Å². The van der Waals surface area contributed by atoms with Crippen molar-refractivity contribution in [1.29, 1.82) is 0 Å². The van der Waals surface area contributed by atoms with Crippen LogP contribution in [-0.2, 0) is 6.54 Å². The van der Waals surface area contributed by atoms with Crippen LogP contribution in [0.5, 0.6) is 0 Å². The van der Waals surface area contributed by atoms with Crippen LogP contribution in [0.1, 0.15) is 33.3 Å². The lowest BCUT2D eigenvalue weighted by atomic mass is 10.1. The van der Waals surface area contributed by atoms with Crippen molar-refractivity contribution in [2.75, 3.05) is 11.9 Å². The summed E-state index contributed by atoms with van der Waals surface area (Å²) in [5.74, 6) is 0.0669. The van der Waals surface area contributed by atoms with E-state index in [4.69, 9.17) is 5.11 Å². The molecule has 0 fully saturated rings. The molecule has 1 atom stereocenters. The van der Waals surface area contributed by atoms with Gasteiger partial charge in [-0.15, -0.1) is 0 Å². The van der Waals surface area contributed by atoms with E-state index in [0.717, 1.165) is 5.56 Å². The highest BCUT2D eigenvalue weighted by Gasteiger charge is 2.15. The van der Waals surface area contributed by atoms with Crippen LogP contribution in [0.4, 0.5) is 5.82 Å². The quantitative estimate of drug-likeness (QED) is 0.557. The number of carbonyl (C=O) groups excluding carboxylic acids is 1. The first-order valence-electron chi connectivity index (χ1n) is 8.29. The number of aryl methyl sites for hydroxylation is 1. The first kappa shape index (κ1) is 19.2. The largest absolute Gasteiger partial charge is 0.393 e. The molecule has 3 rings (SSSR count). The second kappa shape index (κ2) is 8.43. The van der Waals surface area contributed by atoms with Gasteiger partial charge in [-0.05, 0) is 34.5 Å². The Kier molecular flexibility index (Phi) is 6.00. The fourth-order valence-corrected chi connectivity index (χ4v) is 3.24. The minimum absolute atomic E-state index is 0.275. The van der Waals surface area contributed by atoms with Gasteiger partial charge in [0.25, 0.3) is 5.91 Å². The van der Waals surface area contributed by atoms with E-state index in [1.54, 1.807) is 18.6 Å². The van der Waals surface area contributed by atoms with Gasteiger partial charge in [0.05, 0.1) is 24.2 Å². The molecule has 0 bridgehead atoms. The van der Waals surface area contributed by atoms with E-state index in [9.17, 15) is 9.90 Å². The van der Waals surface area contributed by atoms with Gasteiger partial charge in [0.15, 0.2) is 5.82 Å². The van der Waals surface area contributed by atoms with E-state index in [0.29, 0.717) is 22.4 Å². The van der Waals surface area contributed by atoms with Crippen LogP contribution in [0.3, 0.4) is 0 Å². The summed E-state index contributed by atoms with van der Waals surface area (Å²) in [5, 5.41) is 21.4. The van der Waals surface area contributed by atoms with Gasteiger partial charge < -0.3 is 20.1 Å². The molecule has 0 radical (unpaired) electrons. The number of nitrogens with one attached hydrogen (secondary N) is 1. The third kappa shape index (κ3) is 4.79. The fourth-order valence-electron chi connectivity index (χ4n) is 2.63. The SMILES string of the molecule is Cc1cccc(Cn2cnc(NC(=O)c3cnc(C(O)CO)c(Br)c3)c2)c1. The number of aliphatic hydroxyl groups excluding tert-OH is 2. The Morgan fingerprint density at radius 1 is 1.33 bits per heavy atom. The number of hydrogen-bond donors (Lipinski definition) is 3. The third-order valence-electron chi connectivity index (χ3n) is 3.94. The predicted octanol–water partition coefficient (Wildman–Crippen LogP) is 2.68. The zero-order chi connectivity index (χ0) is 19.4. The Bertz CT molecular complexity index is 958. The maximum Gasteiger partial charge on any atom is 0.258 e. The minimum Gasteiger partial charge on any atom is -0.393 e. The third-order valence-corrected chi connectivity index (χ3v) is 4.58. The first-order valence-corrected chi connectivity index (χ1v) is 9.08. The number of benzene rings is 1. The van der Waals surface area contributed by atoms with Crippen molar-refractivity contribution in [3.8, 4) is 0 Å². The highest BCUT2D eigenvalue weighted by atomic mass is 79.9. The van der Waals surface area contributed by atoms with Crippen molar-refractivity contribution in [2.24, 2.45) is 0 Å². The van der Waals surface area contributed by atoms with E-state index >= 15 is 0 Å². The molecule has 3 N–H and O–H groups in total. The molecule has 0 aliphatic heterocycles. The molecule has 0 saturated carbocycles. The molecule has 2 heterocycles. The van der Waals surface area contributed by atoms with Crippen LogP contribution in [0, 0.1) is 6.92 Å². The fraction of sp³-hybridized carbons (Fsp3) is 0.211. The zero-order valence-corrected chi connectivity index (χ0v) is 16.2. The van der Waals surface area contributed by atoms with Crippen molar-refractivity contribution in [3.05, 3.63) is 75.9 Å². The van der Waals surface area contributed by atoms with Crippen LogP contribution >= 0.6 is 15.9 Å². The molecule has 140 valence electrons. The van der Waals surface area contributed by atoms with E-state index in [-0.39, 0.29) is 11.6 Å². The number of anilines is 1. The lowest BCUT2D eigenvalue weighted by molar-refractivity contribution is 0.0915. The van der Waals surface area contributed by atoms with Gasteiger partial charge in [0.1, 0.15) is 6.10 Å². The Morgan fingerprint density at radius 2 is 2.15 bits per heavy atom. The summed E-state index contributed by atoms with van der Waals surface area (Å²) < 4.78 is 2.33. The maximum absolute atomic E-state index is 12.4. The summed E-state index contributed by atoms with van der Waals surface area (Å²) in [6, 6.07) is 9.73. The van der Waals surface area contributed by atoms with E-state index in [1.165, 1.54) is 11.8 Å². The van der Waals surface area contributed by atoms with Crippen molar-refractivity contribution >= 4 is 27.7 Å². The van der Waals surface area contributed by atoms with Gasteiger partial charge in [-0.3, -0.25) is 9.78 Å². The van der Waals surface area contributed by atoms with Gasteiger partial charge in [0.2, 0.25) is 0 Å².